The zero-order chi connectivity index (χ0) is 12.9. The summed E-state index contributed by atoms with van der Waals surface area (Å²) in [6.07, 6.45) is 0.872. The lowest BCUT2D eigenvalue weighted by Crippen LogP contribution is -2.49. The lowest BCUT2D eigenvalue weighted by atomic mass is 10.0. The Bertz CT molecular complexity index is 255. The molecule has 5 nitrogen and oxygen atoms in total. The Kier molecular flexibility index (Phi) is 4.91. The van der Waals surface area contributed by atoms with Crippen molar-refractivity contribution in [2.75, 3.05) is 33.4 Å². The van der Waals surface area contributed by atoms with E-state index in [1.807, 2.05) is 20.8 Å². The van der Waals surface area contributed by atoms with Crippen LogP contribution in [0.2, 0.25) is 0 Å². The minimum atomic E-state index is -0.262. The molecule has 0 aromatic rings. The molecule has 1 unspecified atom stereocenters. The summed E-state index contributed by atoms with van der Waals surface area (Å²) in [5.74, 6) is 0.00247. The van der Waals surface area contributed by atoms with Crippen molar-refractivity contribution in [2.24, 2.45) is 0 Å². The minimum absolute atomic E-state index is 0.00247. The van der Waals surface area contributed by atoms with Gasteiger partial charge in [-0.25, -0.2) is 0 Å². The molecule has 17 heavy (non-hydrogen) atoms. The smallest absolute Gasteiger partial charge is 0.234 e. The van der Waals surface area contributed by atoms with E-state index in [0.29, 0.717) is 19.7 Å². The average Bonchev–Trinajstić information content (AvgIpc) is 2.64. The van der Waals surface area contributed by atoms with Crippen molar-refractivity contribution in [2.45, 2.75) is 38.3 Å². The molecule has 0 saturated carbocycles. The summed E-state index contributed by atoms with van der Waals surface area (Å²) in [6.45, 7) is 8.16. The van der Waals surface area contributed by atoms with Crippen LogP contribution in [0.3, 0.4) is 0 Å². The molecule has 1 saturated heterocycles. The Morgan fingerprint density at radius 3 is 2.65 bits per heavy atom. The molecule has 1 atom stereocenters. The molecule has 1 fully saturated rings. The summed E-state index contributed by atoms with van der Waals surface area (Å²) in [4.78, 5) is 11.6. The Morgan fingerprint density at radius 1 is 1.47 bits per heavy atom. The van der Waals surface area contributed by atoms with Crippen LogP contribution in [0.15, 0.2) is 0 Å². The summed E-state index contributed by atoms with van der Waals surface area (Å²) in [5, 5.41) is 6.03. The normalized spacial score (nSPS) is 24.9. The largest absolute Gasteiger partial charge is 0.378 e. The molecule has 5 heteroatoms. The average molecular weight is 244 g/mol. The van der Waals surface area contributed by atoms with Crippen LogP contribution < -0.4 is 10.6 Å². The van der Waals surface area contributed by atoms with Gasteiger partial charge >= 0.3 is 0 Å². The van der Waals surface area contributed by atoms with E-state index in [1.165, 1.54) is 0 Å². The molecule has 1 aliphatic heterocycles. The van der Waals surface area contributed by atoms with E-state index in [0.717, 1.165) is 13.0 Å². The van der Waals surface area contributed by atoms with Gasteiger partial charge in [-0.05, 0) is 20.8 Å². The van der Waals surface area contributed by atoms with Crippen molar-refractivity contribution in [3.8, 4) is 0 Å². The molecule has 0 aliphatic carbocycles. The van der Waals surface area contributed by atoms with E-state index in [2.05, 4.69) is 10.6 Å². The SMILES string of the molecule is COC1(CNCC(=O)NC(C)(C)C)CCOC1. The topological polar surface area (TPSA) is 59.6 Å². The highest BCUT2D eigenvalue weighted by molar-refractivity contribution is 5.78. The predicted octanol–water partition coefficient (Wildman–Crippen LogP) is 0.296. The van der Waals surface area contributed by atoms with Gasteiger partial charge in [-0.15, -0.1) is 0 Å². The van der Waals surface area contributed by atoms with Crippen LogP contribution in [0.25, 0.3) is 0 Å². The van der Waals surface area contributed by atoms with Gasteiger partial charge in [0.1, 0.15) is 5.60 Å². The first-order chi connectivity index (χ1) is 7.87. The van der Waals surface area contributed by atoms with Gasteiger partial charge in [0.2, 0.25) is 5.91 Å². The van der Waals surface area contributed by atoms with Gasteiger partial charge in [0.05, 0.1) is 13.2 Å². The Hall–Kier alpha value is -0.650. The predicted molar refractivity (Wildman–Crippen MR) is 65.9 cm³/mol. The number of methoxy groups -OCH3 is 1. The van der Waals surface area contributed by atoms with Gasteiger partial charge in [0.15, 0.2) is 0 Å². The second-order valence-electron chi connectivity index (χ2n) is 5.59. The highest BCUT2D eigenvalue weighted by atomic mass is 16.5. The maximum atomic E-state index is 11.6. The number of hydrogen-bond donors (Lipinski definition) is 2. The molecule has 2 N–H and O–H groups in total. The number of amides is 1. The van der Waals surface area contributed by atoms with E-state index >= 15 is 0 Å². The van der Waals surface area contributed by atoms with Gasteiger partial charge < -0.3 is 20.1 Å². The first kappa shape index (κ1) is 14.4. The summed E-state index contributed by atoms with van der Waals surface area (Å²) in [5.41, 5.74) is -0.448. The number of carbonyl (C=O) groups excluding carboxylic acids is 1. The first-order valence-electron chi connectivity index (χ1n) is 6.02. The monoisotopic (exact) mass is 244 g/mol. The van der Waals surface area contributed by atoms with Crippen molar-refractivity contribution >= 4 is 5.91 Å². The highest BCUT2D eigenvalue weighted by Crippen LogP contribution is 2.21. The van der Waals surface area contributed by atoms with Gasteiger partial charge in [-0.1, -0.05) is 0 Å². The van der Waals surface area contributed by atoms with E-state index in [1.54, 1.807) is 7.11 Å². The van der Waals surface area contributed by atoms with E-state index in [-0.39, 0.29) is 17.0 Å². The number of carbonyl (C=O) groups is 1. The van der Waals surface area contributed by atoms with Crippen molar-refractivity contribution in [1.82, 2.24) is 10.6 Å². The summed E-state index contributed by atoms with van der Waals surface area (Å²) >= 11 is 0. The molecular formula is C12H24N2O3. The number of nitrogens with one attached hydrogen (secondary N) is 2. The van der Waals surface area contributed by atoms with Crippen LogP contribution in [0.5, 0.6) is 0 Å². The van der Waals surface area contributed by atoms with Crippen LogP contribution in [0, 0.1) is 0 Å². The molecule has 0 aromatic carbocycles. The molecule has 0 spiro atoms. The maximum absolute atomic E-state index is 11.6. The van der Waals surface area contributed by atoms with Gasteiger partial charge in [-0.3, -0.25) is 4.79 Å². The highest BCUT2D eigenvalue weighted by Gasteiger charge is 2.34. The molecule has 1 aliphatic rings. The van der Waals surface area contributed by atoms with Gasteiger partial charge in [-0.2, -0.15) is 0 Å². The Morgan fingerprint density at radius 2 is 2.18 bits per heavy atom. The summed E-state index contributed by atoms with van der Waals surface area (Å²) < 4.78 is 10.8. The third kappa shape index (κ3) is 5.02. The number of ether oxygens (including phenoxy) is 2. The lowest BCUT2D eigenvalue weighted by molar-refractivity contribution is -0.121. The summed E-state index contributed by atoms with van der Waals surface area (Å²) in [6, 6.07) is 0. The zero-order valence-corrected chi connectivity index (χ0v) is 11.3. The molecule has 1 rings (SSSR count). The fraction of sp³-hybridized carbons (Fsp3) is 0.917. The fourth-order valence-electron chi connectivity index (χ4n) is 1.83. The fourth-order valence-corrected chi connectivity index (χ4v) is 1.83. The second kappa shape index (κ2) is 5.80. The third-order valence-corrected chi connectivity index (χ3v) is 2.75. The second-order valence-corrected chi connectivity index (χ2v) is 5.59. The molecule has 0 aromatic heterocycles. The Balaban J connectivity index is 2.25. The zero-order valence-electron chi connectivity index (χ0n) is 11.3. The van der Waals surface area contributed by atoms with Crippen molar-refractivity contribution in [3.05, 3.63) is 0 Å². The van der Waals surface area contributed by atoms with Crippen molar-refractivity contribution in [1.29, 1.82) is 0 Å². The van der Waals surface area contributed by atoms with E-state index < -0.39 is 0 Å². The molecule has 0 radical (unpaired) electrons. The van der Waals surface area contributed by atoms with Crippen molar-refractivity contribution in [3.63, 3.8) is 0 Å². The molecule has 1 heterocycles. The van der Waals surface area contributed by atoms with E-state index in [9.17, 15) is 4.79 Å². The van der Waals surface area contributed by atoms with Gasteiger partial charge in [0.25, 0.3) is 0 Å². The minimum Gasteiger partial charge on any atom is -0.378 e. The molecular weight excluding hydrogens is 220 g/mol. The molecule has 0 bridgehead atoms. The standard InChI is InChI=1S/C12H24N2O3/c1-11(2,3)14-10(15)7-13-8-12(16-4)5-6-17-9-12/h13H,5-9H2,1-4H3,(H,14,15). The maximum Gasteiger partial charge on any atom is 0.234 e. The van der Waals surface area contributed by atoms with Crippen molar-refractivity contribution < 1.29 is 14.3 Å². The quantitative estimate of drug-likeness (QED) is 0.730. The van der Waals surface area contributed by atoms with Crippen LogP contribution in [0.1, 0.15) is 27.2 Å². The third-order valence-electron chi connectivity index (χ3n) is 2.75. The summed E-state index contributed by atoms with van der Waals surface area (Å²) in [7, 11) is 1.69. The number of rotatable bonds is 5. The Labute approximate surface area is 103 Å². The lowest BCUT2D eigenvalue weighted by Gasteiger charge is -2.26. The van der Waals surface area contributed by atoms with Crippen LogP contribution in [0.4, 0.5) is 0 Å². The van der Waals surface area contributed by atoms with Crippen LogP contribution in [-0.4, -0.2) is 50.5 Å². The van der Waals surface area contributed by atoms with Crippen LogP contribution >= 0.6 is 0 Å². The molecule has 1 amide bonds. The van der Waals surface area contributed by atoms with Gasteiger partial charge in [0, 0.05) is 32.2 Å². The van der Waals surface area contributed by atoms with E-state index in [4.69, 9.17) is 9.47 Å². The molecule has 100 valence electrons. The van der Waals surface area contributed by atoms with Crippen LogP contribution in [-0.2, 0) is 14.3 Å². The first-order valence-corrected chi connectivity index (χ1v) is 6.02. The number of hydrogen-bond acceptors (Lipinski definition) is 4.